The molecule has 1 N–H and O–H groups in total. The van der Waals surface area contributed by atoms with Crippen LogP contribution in [0.5, 0.6) is 0 Å². The molecule has 1 heterocycles. The van der Waals surface area contributed by atoms with Crippen LogP contribution in [0.4, 0.5) is 10.5 Å². The summed E-state index contributed by atoms with van der Waals surface area (Å²) in [5.74, 6) is 0. The van der Waals surface area contributed by atoms with E-state index < -0.39 is 0 Å². The van der Waals surface area contributed by atoms with E-state index in [0.717, 1.165) is 31.7 Å². The Balaban J connectivity index is 1.79. The Bertz CT molecular complexity index is 531. The molecule has 0 spiro atoms. The topological polar surface area (TPSA) is 38.8 Å². The molecule has 1 fully saturated rings. The van der Waals surface area contributed by atoms with Gasteiger partial charge >= 0.3 is 6.03 Å². The zero-order valence-corrected chi connectivity index (χ0v) is 15.2. The maximum Gasteiger partial charge on any atom is 0.317 e. The molecule has 0 atom stereocenters. The molecule has 0 saturated carbocycles. The number of nitrogens with zero attached hydrogens (tertiary/aromatic N) is 3. The second-order valence-corrected chi connectivity index (χ2v) is 6.72. The molecule has 0 bridgehead atoms. The fourth-order valence-corrected chi connectivity index (χ4v) is 3.00. The van der Waals surface area contributed by atoms with Gasteiger partial charge in [0.05, 0.1) is 15.7 Å². The Morgan fingerprint density at radius 3 is 2.57 bits per heavy atom. The van der Waals surface area contributed by atoms with Gasteiger partial charge in [-0.2, -0.15) is 0 Å². The van der Waals surface area contributed by atoms with Crippen LogP contribution in [-0.2, 0) is 0 Å². The Morgan fingerprint density at radius 1 is 1.22 bits per heavy atom. The molecule has 5 nitrogen and oxygen atoms in total. The van der Waals surface area contributed by atoms with E-state index in [1.807, 2.05) is 31.1 Å². The van der Waals surface area contributed by atoms with E-state index in [0.29, 0.717) is 29.7 Å². The first kappa shape index (κ1) is 18.2. The summed E-state index contributed by atoms with van der Waals surface area (Å²) >= 11 is 12.3. The summed E-state index contributed by atoms with van der Waals surface area (Å²) in [5.41, 5.74) is 0.935. The molecule has 0 radical (unpaired) electrons. The molecule has 128 valence electrons. The summed E-state index contributed by atoms with van der Waals surface area (Å²) in [6, 6.07) is 5.66. The summed E-state index contributed by atoms with van der Waals surface area (Å²) in [7, 11) is 4.06. The van der Waals surface area contributed by atoms with Crippen molar-refractivity contribution >= 4 is 34.9 Å². The minimum absolute atomic E-state index is 0.0144. The fraction of sp³-hybridized carbons (Fsp3) is 0.562. The first-order valence-corrected chi connectivity index (χ1v) is 8.61. The zero-order chi connectivity index (χ0) is 16.8. The largest absolute Gasteiger partial charge is 0.367 e. The van der Waals surface area contributed by atoms with Gasteiger partial charge in [-0.1, -0.05) is 29.3 Å². The van der Waals surface area contributed by atoms with Crippen LogP contribution < -0.4 is 10.2 Å². The number of anilines is 1. The quantitative estimate of drug-likeness (QED) is 0.822. The van der Waals surface area contributed by atoms with E-state index in [1.165, 1.54) is 0 Å². The number of carbonyl (C=O) groups excluding carboxylic acids is 1. The van der Waals surface area contributed by atoms with Crippen LogP contribution in [0.2, 0.25) is 10.0 Å². The van der Waals surface area contributed by atoms with Gasteiger partial charge in [0, 0.05) is 32.7 Å². The number of hydrogen-bond acceptors (Lipinski definition) is 3. The third-order valence-electron chi connectivity index (χ3n) is 3.90. The number of amides is 2. The van der Waals surface area contributed by atoms with Crippen LogP contribution in [0.1, 0.15) is 6.42 Å². The number of rotatable bonds is 5. The van der Waals surface area contributed by atoms with Gasteiger partial charge in [-0.3, -0.25) is 0 Å². The number of piperazine rings is 1. The normalized spacial score (nSPS) is 15.2. The minimum Gasteiger partial charge on any atom is -0.367 e. The van der Waals surface area contributed by atoms with E-state index in [9.17, 15) is 4.79 Å². The number of hydrogen-bond donors (Lipinski definition) is 1. The van der Waals surface area contributed by atoms with Crippen LogP contribution >= 0.6 is 23.2 Å². The third-order valence-corrected chi connectivity index (χ3v) is 4.71. The van der Waals surface area contributed by atoms with Crippen molar-refractivity contribution in [1.29, 1.82) is 0 Å². The molecule has 1 aliphatic rings. The molecule has 2 amide bonds. The summed E-state index contributed by atoms with van der Waals surface area (Å²) in [6.45, 7) is 4.56. The Hall–Kier alpha value is -1.17. The zero-order valence-electron chi connectivity index (χ0n) is 13.7. The molecular formula is C16H24Cl2N4O. The summed E-state index contributed by atoms with van der Waals surface area (Å²) < 4.78 is 0. The molecule has 1 aliphatic heterocycles. The molecule has 7 heteroatoms. The molecule has 0 aliphatic carbocycles. The van der Waals surface area contributed by atoms with Gasteiger partial charge < -0.3 is 20.0 Å². The van der Waals surface area contributed by atoms with Gasteiger partial charge in [-0.25, -0.2) is 4.79 Å². The van der Waals surface area contributed by atoms with E-state index in [4.69, 9.17) is 23.2 Å². The van der Waals surface area contributed by atoms with Crippen molar-refractivity contribution in [2.24, 2.45) is 0 Å². The van der Waals surface area contributed by atoms with Crippen molar-refractivity contribution in [2.75, 3.05) is 58.3 Å². The van der Waals surface area contributed by atoms with Crippen LogP contribution in [0.15, 0.2) is 18.2 Å². The van der Waals surface area contributed by atoms with Gasteiger partial charge in [0.15, 0.2) is 0 Å². The lowest BCUT2D eigenvalue weighted by molar-refractivity contribution is 0.194. The Labute approximate surface area is 148 Å². The molecular weight excluding hydrogens is 335 g/mol. The first-order chi connectivity index (χ1) is 11.0. The highest BCUT2D eigenvalue weighted by atomic mass is 35.5. The van der Waals surface area contributed by atoms with E-state index >= 15 is 0 Å². The second-order valence-electron chi connectivity index (χ2n) is 5.94. The number of carbonyl (C=O) groups is 1. The third kappa shape index (κ3) is 5.16. The predicted molar refractivity (Wildman–Crippen MR) is 96.8 cm³/mol. The molecule has 1 aromatic carbocycles. The highest BCUT2D eigenvalue weighted by molar-refractivity contribution is 6.43. The summed E-state index contributed by atoms with van der Waals surface area (Å²) in [4.78, 5) is 18.3. The summed E-state index contributed by atoms with van der Waals surface area (Å²) in [5, 5.41) is 4.12. The number of urea groups is 1. The highest BCUT2D eigenvalue weighted by Crippen LogP contribution is 2.32. The van der Waals surface area contributed by atoms with Gasteiger partial charge in [-0.05, 0) is 39.2 Å². The lowest BCUT2D eigenvalue weighted by Gasteiger charge is -2.36. The lowest BCUT2D eigenvalue weighted by atomic mass is 10.2. The van der Waals surface area contributed by atoms with E-state index in [-0.39, 0.29) is 6.03 Å². The van der Waals surface area contributed by atoms with Crippen molar-refractivity contribution < 1.29 is 4.79 Å². The van der Waals surface area contributed by atoms with Crippen molar-refractivity contribution in [1.82, 2.24) is 15.1 Å². The van der Waals surface area contributed by atoms with Crippen molar-refractivity contribution in [2.45, 2.75) is 6.42 Å². The maximum atomic E-state index is 12.1. The number of nitrogens with one attached hydrogen (secondary N) is 1. The molecule has 1 saturated heterocycles. The standard InChI is InChI=1S/C16H24Cl2N4O/c1-20(2)8-4-7-19-16(23)22-11-9-21(10-12-22)14-6-3-5-13(17)15(14)18/h3,5-6H,4,7-12H2,1-2H3,(H,19,23). The molecule has 0 aromatic heterocycles. The highest BCUT2D eigenvalue weighted by Gasteiger charge is 2.22. The van der Waals surface area contributed by atoms with Gasteiger partial charge in [0.25, 0.3) is 0 Å². The number of benzene rings is 1. The minimum atomic E-state index is 0.0144. The average molecular weight is 359 g/mol. The summed E-state index contributed by atoms with van der Waals surface area (Å²) in [6.07, 6.45) is 0.955. The maximum absolute atomic E-state index is 12.1. The van der Waals surface area contributed by atoms with Crippen LogP contribution in [0.3, 0.4) is 0 Å². The molecule has 2 rings (SSSR count). The second kappa shape index (κ2) is 8.62. The number of halogens is 2. The van der Waals surface area contributed by atoms with Crippen LogP contribution in [0, 0.1) is 0 Å². The molecule has 1 aromatic rings. The molecule has 23 heavy (non-hydrogen) atoms. The van der Waals surface area contributed by atoms with Crippen molar-refractivity contribution in [3.63, 3.8) is 0 Å². The van der Waals surface area contributed by atoms with E-state index in [1.54, 1.807) is 6.07 Å². The predicted octanol–water partition coefficient (Wildman–Crippen LogP) is 2.78. The Morgan fingerprint density at radius 2 is 1.91 bits per heavy atom. The smallest absolute Gasteiger partial charge is 0.317 e. The van der Waals surface area contributed by atoms with Gasteiger partial charge in [0.1, 0.15) is 0 Å². The molecule has 0 unspecified atom stereocenters. The Kier molecular flexibility index (Phi) is 6.81. The average Bonchev–Trinajstić information content (AvgIpc) is 2.54. The first-order valence-electron chi connectivity index (χ1n) is 7.85. The van der Waals surface area contributed by atoms with Gasteiger partial charge in [-0.15, -0.1) is 0 Å². The van der Waals surface area contributed by atoms with Crippen LogP contribution in [-0.4, -0.2) is 69.2 Å². The van der Waals surface area contributed by atoms with Gasteiger partial charge in [0.2, 0.25) is 0 Å². The lowest BCUT2D eigenvalue weighted by Crippen LogP contribution is -2.52. The van der Waals surface area contributed by atoms with Crippen molar-refractivity contribution in [3.8, 4) is 0 Å². The monoisotopic (exact) mass is 358 g/mol. The van der Waals surface area contributed by atoms with E-state index in [2.05, 4.69) is 15.1 Å². The fourth-order valence-electron chi connectivity index (χ4n) is 2.59. The SMILES string of the molecule is CN(C)CCCNC(=O)N1CCN(c2cccc(Cl)c2Cl)CC1. The van der Waals surface area contributed by atoms with Crippen molar-refractivity contribution in [3.05, 3.63) is 28.2 Å². The van der Waals surface area contributed by atoms with Crippen LogP contribution in [0.25, 0.3) is 0 Å².